The van der Waals surface area contributed by atoms with Gasteiger partial charge in [-0.1, -0.05) is 6.07 Å². The van der Waals surface area contributed by atoms with Gasteiger partial charge in [0, 0.05) is 18.0 Å². The smallest absolute Gasteiger partial charge is 0.336 e. The number of benzene rings is 1. The molecular formula is C13H9NO4. The highest BCUT2D eigenvalue weighted by molar-refractivity contribution is 5.99. The molecule has 0 spiro atoms. The Morgan fingerprint density at radius 3 is 2.39 bits per heavy atom. The summed E-state index contributed by atoms with van der Waals surface area (Å²) in [6.07, 6.45) is 3.05. The van der Waals surface area contributed by atoms with Gasteiger partial charge in [-0.05, 0) is 29.8 Å². The Morgan fingerprint density at radius 1 is 1.06 bits per heavy atom. The maximum absolute atomic E-state index is 11.1. The van der Waals surface area contributed by atoms with Gasteiger partial charge in [-0.25, -0.2) is 9.59 Å². The molecule has 0 amide bonds. The van der Waals surface area contributed by atoms with Crippen LogP contribution in [0, 0.1) is 0 Å². The molecule has 1 heterocycles. The maximum atomic E-state index is 11.1. The summed E-state index contributed by atoms with van der Waals surface area (Å²) < 4.78 is 0. The first-order valence-electron chi connectivity index (χ1n) is 5.10. The second-order valence-electron chi connectivity index (χ2n) is 3.61. The van der Waals surface area contributed by atoms with E-state index in [0.29, 0.717) is 11.1 Å². The zero-order chi connectivity index (χ0) is 13.1. The Bertz CT molecular complexity index is 608. The van der Waals surface area contributed by atoms with Gasteiger partial charge in [0.25, 0.3) is 0 Å². The Morgan fingerprint density at radius 2 is 1.83 bits per heavy atom. The van der Waals surface area contributed by atoms with Gasteiger partial charge in [-0.2, -0.15) is 0 Å². The monoisotopic (exact) mass is 243 g/mol. The molecule has 0 bridgehead atoms. The van der Waals surface area contributed by atoms with Crippen LogP contribution in [0.3, 0.4) is 0 Å². The number of nitrogens with zero attached hydrogens (tertiary/aromatic N) is 1. The van der Waals surface area contributed by atoms with Gasteiger partial charge in [-0.15, -0.1) is 0 Å². The normalized spacial score (nSPS) is 10.0. The molecule has 1 aromatic heterocycles. The number of carbonyl (C=O) groups is 2. The number of pyridine rings is 1. The zero-order valence-electron chi connectivity index (χ0n) is 9.20. The summed E-state index contributed by atoms with van der Waals surface area (Å²) in [5.74, 6) is -2.21. The number of hydrogen-bond donors (Lipinski definition) is 2. The Labute approximate surface area is 102 Å². The lowest BCUT2D eigenvalue weighted by atomic mass is 9.98. The van der Waals surface area contributed by atoms with Crippen LogP contribution in [0.15, 0.2) is 42.7 Å². The lowest BCUT2D eigenvalue weighted by Crippen LogP contribution is -2.03. The van der Waals surface area contributed by atoms with Crippen LogP contribution in [0.4, 0.5) is 0 Å². The SMILES string of the molecule is O=C(O)c1ccc(C(=O)O)c(-c2cccnc2)c1. The Kier molecular flexibility index (Phi) is 3.05. The van der Waals surface area contributed by atoms with E-state index in [1.54, 1.807) is 18.3 Å². The zero-order valence-corrected chi connectivity index (χ0v) is 9.20. The van der Waals surface area contributed by atoms with Gasteiger partial charge in [0.05, 0.1) is 11.1 Å². The lowest BCUT2D eigenvalue weighted by Gasteiger charge is -2.07. The highest BCUT2D eigenvalue weighted by Gasteiger charge is 2.14. The molecule has 0 saturated carbocycles. The van der Waals surface area contributed by atoms with Crippen molar-refractivity contribution in [2.45, 2.75) is 0 Å². The Balaban J connectivity index is 2.65. The van der Waals surface area contributed by atoms with Crippen molar-refractivity contribution in [2.75, 3.05) is 0 Å². The molecule has 5 nitrogen and oxygen atoms in total. The fourth-order valence-corrected chi connectivity index (χ4v) is 1.62. The van der Waals surface area contributed by atoms with E-state index in [1.165, 1.54) is 24.4 Å². The average Bonchev–Trinajstić information content (AvgIpc) is 2.39. The topological polar surface area (TPSA) is 87.5 Å². The number of rotatable bonds is 3. The van der Waals surface area contributed by atoms with Crippen molar-refractivity contribution in [3.05, 3.63) is 53.9 Å². The fourth-order valence-electron chi connectivity index (χ4n) is 1.62. The molecule has 0 aliphatic heterocycles. The van der Waals surface area contributed by atoms with Crippen LogP contribution in [-0.4, -0.2) is 27.1 Å². The molecule has 5 heteroatoms. The number of carboxylic acids is 2. The van der Waals surface area contributed by atoms with Crippen LogP contribution >= 0.6 is 0 Å². The molecule has 2 rings (SSSR count). The predicted molar refractivity (Wildman–Crippen MR) is 63.6 cm³/mol. The first-order valence-corrected chi connectivity index (χ1v) is 5.10. The summed E-state index contributed by atoms with van der Waals surface area (Å²) in [7, 11) is 0. The number of aromatic nitrogens is 1. The third-order valence-corrected chi connectivity index (χ3v) is 2.47. The molecular weight excluding hydrogens is 234 g/mol. The molecule has 0 aliphatic rings. The highest BCUT2D eigenvalue weighted by atomic mass is 16.4. The van der Waals surface area contributed by atoms with Crippen LogP contribution in [-0.2, 0) is 0 Å². The summed E-state index contributed by atoms with van der Waals surface area (Å²) in [5, 5.41) is 18.0. The van der Waals surface area contributed by atoms with Crippen LogP contribution in [0.1, 0.15) is 20.7 Å². The molecule has 0 atom stereocenters. The minimum absolute atomic E-state index is 0.0406. The van der Waals surface area contributed by atoms with Crippen molar-refractivity contribution in [2.24, 2.45) is 0 Å². The molecule has 0 aliphatic carbocycles. The average molecular weight is 243 g/mol. The van der Waals surface area contributed by atoms with Crippen molar-refractivity contribution in [3.63, 3.8) is 0 Å². The van der Waals surface area contributed by atoms with E-state index in [4.69, 9.17) is 10.2 Å². The minimum Gasteiger partial charge on any atom is -0.478 e. The van der Waals surface area contributed by atoms with E-state index in [-0.39, 0.29) is 11.1 Å². The summed E-state index contributed by atoms with van der Waals surface area (Å²) >= 11 is 0. The van der Waals surface area contributed by atoms with Crippen LogP contribution in [0.25, 0.3) is 11.1 Å². The third kappa shape index (κ3) is 2.20. The minimum atomic E-state index is -1.11. The second-order valence-corrected chi connectivity index (χ2v) is 3.61. The molecule has 2 aromatic rings. The fraction of sp³-hybridized carbons (Fsp3) is 0. The van der Waals surface area contributed by atoms with E-state index in [2.05, 4.69) is 4.98 Å². The number of carboxylic acid groups (broad SMARTS) is 2. The molecule has 90 valence electrons. The molecule has 2 N–H and O–H groups in total. The highest BCUT2D eigenvalue weighted by Crippen LogP contribution is 2.24. The standard InChI is InChI=1S/C13H9NO4/c15-12(16)8-3-4-10(13(17)18)11(6-8)9-2-1-5-14-7-9/h1-7H,(H,15,16)(H,17,18). The van der Waals surface area contributed by atoms with Crippen LogP contribution in [0.5, 0.6) is 0 Å². The van der Waals surface area contributed by atoms with E-state index in [9.17, 15) is 9.59 Å². The molecule has 0 saturated heterocycles. The van der Waals surface area contributed by atoms with Gasteiger partial charge in [0.2, 0.25) is 0 Å². The summed E-state index contributed by atoms with van der Waals surface area (Å²) in [4.78, 5) is 25.9. The van der Waals surface area contributed by atoms with Crippen molar-refractivity contribution < 1.29 is 19.8 Å². The van der Waals surface area contributed by atoms with E-state index in [1.807, 2.05) is 0 Å². The summed E-state index contributed by atoms with van der Waals surface area (Å²) in [6.45, 7) is 0. The van der Waals surface area contributed by atoms with Gasteiger partial charge in [0.1, 0.15) is 0 Å². The van der Waals surface area contributed by atoms with Gasteiger partial charge in [-0.3, -0.25) is 4.98 Å². The lowest BCUT2D eigenvalue weighted by molar-refractivity contribution is 0.0682. The largest absolute Gasteiger partial charge is 0.478 e. The Hall–Kier alpha value is -2.69. The number of hydrogen-bond acceptors (Lipinski definition) is 3. The molecule has 18 heavy (non-hydrogen) atoms. The second kappa shape index (κ2) is 4.67. The van der Waals surface area contributed by atoms with Gasteiger partial charge >= 0.3 is 11.9 Å². The first-order chi connectivity index (χ1) is 8.59. The summed E-state index contributed by atoms with van der Waals surface area (Å²) in [6, 6.07) is 7.23. The third-order valence-electron chi connectivity index (χ3n) is 2.47. The predicted octanol–water partition coefficient (Wildman–Crippen LogP) is 2.15. The van der Waals surface area contributed by atoms with E-state index >= 15 is 0 Å². The van der Waals surface area contributed by atoms with Crippen molar-refractivity contribution in [3.8, 4) is 11.1 Å². The van der Waals surface area contributed by atoms with Crippen LogP contribution < -0.4 is 0 Å². The van der Waals surface area contributed by atoms with Crippen molar-refractivity contribution >= 4 is 11.9 Å². The van der Waals surface area contributed by atoms with Gasteiger partial charge < -0.3 is 10.2 Å². The van der Waals surface area contributed by atoms with Crippen LogP contribution in [0.2, 0.25) is 0 Å². The van der Waals surface area contributed by atoms with Gasteiger partial charge in [0.15, 0.2) is 0 Å². The van der Waals surface area contributed by atoms with Crippen molar-refractivity contribution in [1.29, 1.82) is 0 Å². The molecule has 0 radical (unpaired) electrons. The molecule has 0 fully saturated rings. The van der Waals surface area contributed by atoms with Crippen molar-refractivity contribution in [1.82, 2.24) is 4.98 Å². The molecule has 1 aromatic carbocycles. The maximum Gasteiger partial charge on any atom is 0.336 e. The summed E-state index contributed by atoms with van der Waals surface area (Å²) in [5.41, 5.74) is 1.00. The number of aromatic carboxylic acids is 2. The van der Waals surface area contributed by atoms with E-state index < -0.39 is 11.9 Å². The van der Waals surface area contributed by atoms with E-state index in [0.717, 1.165) is 0 Å². The molecule has 0 unspecified atom stereocenters. The first kappa shape index (κ1) is 11.8. The quantitative estimate of drug-likeness (QED) is 0.862.